The molecule has 2 heteroatoms. The first-order chi connectivity index (χ1) is 11.0. The lowest BCUT2D eigenvalue weighted by atomic mass is 9.43. The maximum absolute atomic E-state index is 11.5. The van der Waals surface area contributed by atoms with Gasteiger partial charge in [0.1, 0.15) is 0 Å². The van der Waals surface area contributed by atoms with E-state index in [0.717, 1.165) is 11.5 Å². The Kier molecular flexibility index (Phi) is 4.05. The number of rotatable bonds is 1. The van der Waals surface area contributed by atoms with Gasteiger partial charge in [0.2, 0.25) is 0 Å². The monoisotopic (exact) mass is 344 g/mol. The van der Waals surface area contributed by atoms with Crippen molar-refractivity contribution in [1.82, 2.24) is 0 Å². The van der Waals surface area contributed by atoms with E-state index in [1.807, 2.05) is 6.92 Å². The first-order valence-corrected chi connectivity index (χ1v) is 9.24. The predicted octanol–water partition coefficient (Wildman–Crippen LogP) is 6.04. The van der Waals surface area contributed by atoms with Crippen LogP contribution in [-0.2, 0) is 0 Å². The molecule has 1 N–H and O–H groups in total. The molecule has 0 spiro atoms. The standard InChI is InChI=1S/C22H29ClO/c1-14(15-10-8-7-9-11-15)19-17-12-16(23)13-18(19)21(4,5)22(6,24)20(17,2)3/h7-12,17-18,24H,13H2,1-6H3/b19-14+. The van der Waals surface area contributed by atoms with E-state index in [9.17, 15) is 5.11 Å². The van der Waals surface area contributed by atoms with Crippen LogP contribution in [0.5, 0.6) is 0 Å². The summed E-state index contributed by atoms with van der Waals surface area (Å²) in [6.07, 6.45) is 3.00. The molecule has 3 atom stereocenters. The number of benzene rings is 1. The summed E-state index contributed by atoms with van der Waals surface area (Å²) < 4.78 is 0. The highest BCUT2D eigenvalue weighted by atomic mass is 35.5. The van der Waals surface area contributed by atoms with E-state index in [0.29, 0.717) is 0 Å². The van der Waals surface area contributed by atoms with Gasteiger partial charge in [-0.2, -0.15) is 0 Å². The van der Waals surface area contributed by atoms with E-state index in [-0.39, 0.29) is 22.7 Å². The first-order valence-electron chi connectivity index (χ1n) is 8.86. The van der Waals surface area contributed by atoms with Crippen molar-refractivity contribution in [2.45, 2.75) is 53.6 Å². The largest absolute Gasteiger partial charge is 0.389 e. The van der Waals surface area contributed by atoms with Gasteiger partial charge in [0.05, 0.1) is 5.60 Å². The molecule has 0 amide bonds. The van der Waals surface area contributed by atoms with Crippen LogP contribution >= 0.6 is 11.6 Å². The van der Waals surface area contributed by atoms with Crippen molar-refractivity contribution in [2.24, 2.45) is 22.7 Å². The van der Waals surface area contributed by atoms with Gasteiger partial charge in [0.25, 0.3) is 0 Å². The summed E-state index contributed by atoms with van der Waals surface area (Å²) in [5.74, 6) is 0.412. The number of halogens is 1. The summed E-state index contributed by atoms with van der Waals surface area (Å²) >= 11 is 6.54. The zero-order chi connectivity index (χ0) is 17.9. The third-order valence-corrected chi connectivity index (χ3v) is 7.54. The molecule has 1 aromatic carbocycles. The number of hydrogen-bond acceptors (Lipinski definition) is 1. The van der Waals surface area contributed by atoms with Crippen LogP contribution in [0.3, 0.4) is 0 Å². The maximum atomic E-state index is 11.5. The third-order valence-electron chi connectivity index (χ3n) is 7.25. The molecule has 0 aliphatic heterocycles. The second-order valence-corrected chi connectivity index (χ2v) is 9.30. The molecular formula is C22H29ClO. The van der Waals surface area contributed by atoms with Crippen molar-refractivity contribution in [3.63, 3.8) is 0 Å². The van der Waals surface area contributed by atoms with E-state index in [1.165, 1.54) is 16.7 Å². The second kappa shape index (κ2) is 5.47. The van der Waals surface area contributed by atoms with E-state index < -0.39 is 5.60 Å². The predicted molar refractivity (Wildman–Crippen MR) is 103 cm³/mol. The molecule has 1 aromatic rings. The SMILES string of the molecule is C/C(=C1/C2C=C(Cl)CC1C(C)(C)C(C)(O)C2(C)C)c1ccccc1. The zero-order valence-electron chi connectivity index (χ0n) is 15.7. The highest BCUT2D eigenvalue weighted by molar-refractivity contribution is 6.29. The lowest BCUT2D eigenvalue weighted by Gasteiger charge is -2.63. The van der Waals surface area contributed by atoms with E-state index in [2.05, 4.69) is 71.0 Å². The van der Waals surface area contributed by atoms with Crippen LogP contribution in [-0.4, -0.2) is 10.7 Å². The minimum atomic E-state index is -0.774. The number of allylic oxidation sites excluding steroid dienone is 4. The molecule has 1 saturated carbocycles. The van der Waals surface area contributed by atoms with Gasteiger partial charge in [0, 0.05) is 21.8 Å². The third kappa shape index (κ3) is 2.24. The molecule has 2 aliphatic rings. The number of aliphatic hydroxyl groups is 1. The Morgan fingerprint density at radius 2 is 1.62 bits per heavy atom. The summed E-state index contributed by atoms with van der Waals surface area (Å²) in [5.41, 5.74) is 2.73. The van der Waals surface area contributed by atoms with E-state index >= 15 is 0 Å². The Morgan fingerprint density at radius 3 is 2.21 bits per heavy atom. The second-order valence-electron chi connectivity index (χ2n) is 8.81. The molecule has 3 unspecified atom stereocenters. The van der Waals surface area contributed by atoms with Crippen molar-refractivity contribution in [3.8, 4) is 0 Å². The minimum absolute atomic E-state index is 0.159. The summed E-state index contributed by atoms with van der Waals surface area (Å²) in [4.78, 5) is 0. The van der Waals surface area contributed by atoms with Crippen LogP contribution in [0.25, 0.3) is 5.57 Å². The van der Waals surface area contributed by atoms with Crippen LogP contribution in [0.4, 0.5) is 0 Å². The van der Waals surface area contributed by atoms with Crippen LogP contribution in [0.15, 0.2) is 47.0 Å². The van der Waals surface area contributed by atoms with Gasteiger partial charge in [-0.05, 0) is 37.3 Å². The van der Waals surface area contributed by atoms with Gasteiger partial charge in [-0.15, -0.1) is 0 Å². The molecule has 2 bridgehead atoms. The fourth-order valence-electron chi connectivity index (χ4n) is 4.92. The van der Waals surface area contributed by atoms with Crippen LogP contribution in [0, 0.1) is 22.7 Å². The molecule has 130 valence electrons. The molecule has 0 saturated heterocycles. The smallest absolute Gasteiger partial charge is 0.0735 e. The fraction of sp³-hybridized carbons (Fsp3) is 0.545. The fourth-order valence-corrected chi connectivity index (χ4v) is 5.20. The van der Waals surface area contributed by atoms with Gasteiger partial charge in [0.15, 0.2) is 0 Å². The average molecular weight is 345 g/mol. The molecule has 3 rings (SSSR count). The zero-order valence-corrected chi connectivity index (χ0v) is 16.4. The van der Waals surface area contributed by atoms with Gasteiger partial charge < -0.3 is 5.11 Å². The first kappa shape index (κ1) is 17.8. The van der Waals surface area contributed by atoms with Crippen LogP contribution in [0.2, 0.25) is 0 Å². The van der Waals surface area contributed by atoms with Crippen molar-refractivity contribution >= 4 is 17.2 Å². The minimum Gasteiger partial charge on any atom is -0.389 e. The lowest BCUT2D eigenvalue weighted by Crippen LogP contribution is -2.64. The van der Waals surface area contributed by atoms with Crippen molar-refractivity contribution in [2.75, 3.05) is 0 Å². The summed E-state index contributed by atoms with van der Waals surface area (Å²) in [6.45, 7) is 13.0. The Balaban J connectivity index is 2.29. The summed E-state index contributed by atoms with van der Waals surface area (Å²) in [6, 6.07) is 10.6. The number of fused-ring (bicyclic) bond motifs is 2. The number of hydrogen-bond donors (Lipinski definition) is 1. The van der Waals surface area contributed by atoms with Gasteiger partial charge in [-0.3, -0.25) is 0 Å². The van der Waals surface area contributed by atoms with Gasteiger partial charge >= 0.3 is 0 Å². The highest BCUT2D eigenvalue weighted by Crippen LogP contribution is 2.65. The van der Waals surface area contributed by atoms with Crippen LogP contribution in [0.1, 0.15) is 53.5 Å². The summed E-state index contributed by atoms with van der Waals surface area (Å²) in [7, 11) is 0. The molecule has 2 aliphatic carbocycles. The van der Waals surface area contributed by atoms with Crippen LogP contribution < -0.4 is 0 Å². The van der Waals surface area contributed by atoms with Crippen molar-refractivity contribution in [3.05, 3.63) is 52.6 Å². The topological polar surface area (TPSA) is 20.2 Å². The van der Waals surface area contributed by atoms with Gasteiger partial charge in [-0.1, -0.05) is 81.3 Å². The van der Waals surface area contributed by atoms with Crippen molar-refractivity contribution in [1.29, 1.82) is 0 Å². The Morgan fingerprint density at radius 1 is 1.04 bits per heavy atom. The Bertz CT molecular complexity index is 707. The quantitative estimate of drug-likeness (QED) is 0.658. The molecule has 1 fully saturated rings. The Labute approximate surface area is 151 Å². The molecular weight excluding hydrogens is 316 g/mol. The molecule has 24 heavy (non-hydrogen) atoms. The van der Waals surface area contributed by atoms with E-state index in [1.54, 1.807) is 0 Å². The lowest BCUT2D eigenvalue weighted by molar-refractivity contribution is -0.186. The average Bonchev–Trinajstić information content (AvgIpc) is 2.53. The normalized spacial score (nSPS) is 36.1. The molecule has 0 heterocycles. The molecule has 0 radical (unpaired) electrons. The van der Waals surface area contributed by atoms with E-state index in [4.69, 9.17) is 11.6 Å². The highest BCUT2D eigenvalue weighted by Gasteiger charge is 2.63. The van der Waals surface area contributed by atoms with Crippen molar-refractivity contribution < 1.29 is 5.11 Å². The Hall–Kier alpha value is -1.05. The summed E-state index contributed by atoms with van der Waals surface area (Å²) in [5, 5.41) is 12.4. The maximum Gasteiger partial charge on any atom is 0.0735 e. The molecule has 0 aromatic heterocycles. The molecule has 1 nitrogen and oxygen atoms in total. The van der Waals surface area contributed by atoms with Gasteiger partial charge in [-0.25, -0.2) is 0 Å².